The minimum Gasteiger partial charge on any atom is -0.345 e. The molecule has 5 rings (SSSR count). The van der Waals surface area contributed by atoms with Gasteiger partial charge in [0.25, 0.3) is 5.91 Å². The standard InChI is InChI=1S/C27H22N4O/c1-19(20-11-5-2-6-12-20)29-27(32)23-18-28-25-17-24(21-13-7-3-8-14-21)30-31(25)26(23)22-15-9-4-10-16-22/h2-19H,1H3,(H,29,32). The second kappa shape index (κ2) is 8.47. The number of hydrogen-bond donors (Lipinski definition) is 1. The maximum atomic E-state index is 13.4. The first-order chi connectivity index (χ1) is 15.7. The largest absolute Gasteiger partial charge is 0.345 e. The number of fused-ring (bicyclic) bond motifs is 1. The van der Waals surface area contributed by atoms with Gasteiger partial charge in [-0.1, -0.05) is 91.0 Å². The molecule has 2 aromatic heterocycles. The van der Waals surface area contributed by atoms with Crippen molar-refractivity contribution in [3.05, 3.63) is 114 Å². The Labute approximate surface area is 186 Å². The van der Waals surface area contributed by atoms with E-state index in [2.05, 4.69) is 10.3 Å². The van der Waals surface area contributed by atoms with E-state index < -0.39 is 0 Å². The molecule has 0 spiro atoms. The van der Waals surface area contributed by atoms with Crippen molar-refractivity contribution in [3.63, 3.8) is 0 Å². The molecule has 1 N–H and O–H groups in total. The molecule has 1 amide bonds. The number of hydrogen-bond acceptors (Lipinski definition) is 3. The lowest BCUT2D eigenvalue weighted by molar-refractivity contribution is 0.0939. The first kappa shape index (κ1) is 19.7. The van der Waals surface area contributed by atoms with Gasteiger partial charge >= 0.3 is 0 Å². The summed E-state index contributed by atoms with van der Waals surface area (Å²) in [5.41, 5.74) is 5.65. The van der Waals surface area contributed by atoms with Crippen LogP contribution in [0, 0.1) is 0 Å². The molecule has 0 radical (unpaired) electrons. The lowest BCUT2D eigenvalue weighted by atomic mass is 10.0. The number of nitrogens with zero attached hydrogens (tertiary/aromatic N) is 3. The van der Waals surface area contributed by atoms with Gasteiger partial charge in [-0.25, -0.2) is 9.50 Å². The molecule has 0 aliphatic rings. The topological polar surface area (TPSA) is 59.3 Å². The molecule has 3 aromatic carbocycles. The highest BCUT2D eigenvalue weighted by Crippen LogP contribution is 2.27. The van der Waals surface area contributed by atoms with Gasteiger partial charge in [-0.2, -0.15) is 5.10 Å². The Balaban J connectivity index is 1.61. The fraction of sp³-hybridized carbons (Fsp3) is 0.0741. The molecule has 32 heavy (non-hydrogen) atoms. The number of nitrogens with one attached hydrogen (secondary N) is 1. The third-order valence-electron chi connectivity index (χ3n) is 5.49. The van der Waals surface area contributed by atoms with Crippen LogP contribution in [0.25, 0.3) is 28.2 Å². The van der Waals surface area contributed by atoms with Crippen LogP contribution in [0.15, 0.2) is 103 Å². The molecule has 5 nitrogen and oxygen atoms in total. The smallest absolute Gasteiger partial charge is 0.255 e. The van der Waals surface area contributed by atoms with E-state index in [1.807, 2.05) is 104 Å². The average Bonchev–Trinajstić information content (AvgIpc) is 3.29. The lowest BCUT2D eigenvalue weighted by Gasteiger charge is -2.16. The summed E-state index contributed by atoms with van der Waals surface area (Å²) in [6.07, 6.45) is 1.64. The molecule has 5 heteroatoms. The van der Waals surface area contributed by atoms with E-state index in [1.165, 1.54) is 0 Å². The Morgan fingerprint density at radius 2 is 1.44 bits per heavy atom. The van der Waals surface area contributed by atoms with Crippen molar-refractivity contribution in [2.45, 2.75) is 13.0 Å². The van der Waals surface area contributed by atoms with Crippen LogP contribution >= 0.6 is 0 Å². The third-order valence-corrected chi connectivity index (χ3v) is 5.49. The van der Waals surface area contributed by atoms with Gasteiger partial charge in [-0.3, -0.25) is 4.79 Å². The zero-order valence-corrected chi connectivity index (χ0v) is 17.6. The minimum atomic E-state index is -0.189. The predicted molar refractivity (Wildman–Crippen MR) is 126 cm³/mol. The summed E-state index contributed by atoms with van der Waals surface area (Å²) in [5.74, 6) is -0.189. The van der Waals surface area contributed by atoms with E-state index >= 15 is 0 Å². The fourth-order valence-corrected chi connectivity index (χ4v) is 3.82. The average molecular weight is 419 g/mol. The molecule has 0 fully saturated rings. The molecular weight excluding hydrogens is 396 g/mol. The van der Waals surface area contributed by atoms with Crippen LogP contribution in [0.5, 0.6) is 0 Å². The summed E-state index contributed by atoms with van der Waals surface area (Å²) in [4.78, 5) is 17.9. The van der Waals surface area contributed by atoms with Crippen molar-refractivity contribution in [1.29, 1.82) is 0 Å². The molecule has 1 atom stereocenters. The summed E-state index contributed by atoms with van der Waals surface area (Å²) >= 11 is 0. The number of carbonyl (C=O) groups is 1. The second-order valence-electron chi connectivity index (χ2n) is 7.66. The molecule has 0 saturated heterocycles. The van der Waals surface area contributed by atoms with Crippen LogP contribution in [-0.4, -0.2) is 20.5 Å². The molecule has 0 aliphatic heterocycles. The Bertz CT molecular complexity index is 1360. The Morgan fingerprint density at radius 3 is 2.09 bits per heavy atom. The summed E-state index contributed by atoms with van der Waals surface area (Å²) in [5, 5.41) is 7.92. The van der Waals surface area contributed by atoms with Gasteiger partial charge in [0.15, 0.2) is 5.65 Å². The lowest BCUT2D eigenvalue weighted by Crippen LogP contribution is -2.28. The van der Waals surface area contributed by atoms with E-state index in [4.69, 9.17) is 5.10 Å². The van der Waals surface area contributed by atoms with E-state index in [0.29, 0.717) is 11.2 Å². The van der Waals surface area contributed by atoms with Crippen LogP contribution in [-0.2, 0) is 0 Å². The summed E-state index contributed by atoms with van der Waals surface area (Å²) in [6, 6.07) is 31.5. The maximum absolute atomic E-state index is 13.4. The van der Waals surface area contributed by atoms with Gasteiger partial charge < -0.3 is 5.32 Å². The van der Waals surface area contributed by atoms with Crippen LogP contribution in [0.4, 0.5) is 0 Å². The molecular formula is C27H22N4O. The number of carbonyl (C=O) groups excluding carboxylic acids is 1. The van der Waals surface area contributed by atoms with Crippen molar-refractivity contribution in [3.8, 4) is 22.5 Å². The van der Waals surface area contributed by atoms with Crippen molar-refractivity contribution < 1.29 is 4.79 Å². The van der Waals surface area contributed by atoms with Gasteiger partial charge in [0.2, 0.25) is 0 Å². The summed E-state index contributed by atoms with van der Waals surface area (Å²) < 4.78 is 1.76. The molecule has 156 valence electrons. The van der Waals surface area contributed by atoms with Crippen molar-refractivity contribution in [2.24, 2.45) is 0 Å². The van der Waals surface area contributed by atoms with Crippen molar-refractivity contribution in [2.75, 3.05) is 0 Å². The Kier molecular flexibility index (Phi) is 5.22. The monoisotopic (exact) mass is 418 g/mol. The van der Waals surface area contributed by atoms with Gasteiger partial charge in [0.05, 0.1) is 23.0 Å². The number of amides is 1. The first-order valence-corrected chi connectivity index (χ1v) is 10.6. The van der Waals surface area contributed by atoms with Gasteiger partial charge in [0, 0.05) is 23.4 Å². The van der Waals surface area contributed by atoms with Crippen LogP contribution < -0.4 is 5.32 Å². The highest BCUT2D eigenvalue weighted by Gasteiger charge is 2.21. The van der Waals surface area contributed by atoms with E-state index in [0.717, 1.165) is 28.1 Å². The Hall–Kier alpha value is -4.25. The number of benzene rings is 3. The first-order valence-electron chi connectivity index (χ1n) is 10.6. The maximum Gasteiger partial charge on any atom is 0.255 e. The van der Waals surface area contributed by atoms with Crippen LogP contribution in [0.2, 0.25) is 0 Å². The highest BCUT2D eigenvalue weighted by atomic mass is 16.1. The van der Waals surface area contributed by atoms with Gasteiger partial charge in [0.1, 0.15) is 0 Å². The molecule has 2 heterocycles. The van der Waals surface area contributed by atoms with Gasteiger partial charge in [-0.05, 0) is 12.5 Å². The van der Waals surface area contributed by atoms with Crippen LogP contribution in [0.3, 0.4) is 0 Å². The minimum absolute atomic E-state index is 0.138. The zero-order chi connectivity index (χ0) is 21.9. The molecule has 0 saturated carbocycles. The third kappa shape index (κ3) is 3.76. The van der Waals surface area contributed by atoms with E-state index in [9.17, 15) is 4.79 Å². The molecule has 5 aromatic rings. The SMILES string of the molecule is CC(NC(=O)c1cnc2cc(-c3ccccc3)nn2c1-c1ccccc1)c1ccccc1. The molecule has 0 aliphatic carbocycles. The second-order valence-corrected chi connectivity index (χ2v) is 7.66. The van der Waals surface area contributed by atoms with Crippen molar-refractivity contribution >= 4 is 11.6 Å². The van der Waals surface area contributed by atoms with Crippen LogP contribution in [0.1, 0.15) is 28.9 Å². The van der Waals surface area contributed by atoms with Gasteiger partial charge in [-0.15, -0.1) is 0 Å². The fourth-order valence-electron chi connectivity index (χ4n) is 3.82. The van der Waals surface area contributed by atoms with E-state index in [1.54, 1.807) is 10.7 Å². The molecule has 1 unspecified atom stereocenters. The van der Waals surface area contributed by atoms with Crippen molar-refractivity contribution in [1.82, 2.24) is 19.9 Å². The normalized spacial score (nSPS) is 11.9. The summed E-state index contributed by atoms with van der Waals surface area (Å²) in [6.45, 7) is 1.98. The number of rotatable bonds is 5. The van der Waals surface area contributed by atoms with E-state index in [-0.39, 0.29) is 11.9 Å². The summed E-state index contributed by atoms with van der Waals surface area (Å²) in [7, 11) is 0. The highest BCUT2D eigenvalue weighted by molar-refractivity contribution is 6.00. The quantitative estimate of drug-likeness (QED) is 0.407. The predicted octanol–water partition coefficient (Wildman–Crippen LogP) is 5.55. The zero-order valence-electron chi connectivity index (χ0n) is 17.6. The number of aromatic nitrogens is 3. The Morgan fingerprint density at radius 1 is 0.844 bits per heavy atom. The molecule has 0 bridgehead atoms.